The van der Waals surface area contributed by atoms with Crippen molar-refractivity contribution in [3.8, 4) is 17.1 Å². The Bertz CT molecular complexity index is 865. The first-order valence-corrected chi connectivity index (χ1v) is 8.47. The minimum absolute atomic E-state index is 0.0218. The molecule has 0 spiro atoms. The van der Waals surface area contributed by atoms with Gasteiger partial charge in [-0.15, -0.1) is 10.2 Å². The number of carbonyl (C=O) groups excluding carboxylic acids is 1. The number of amides is 1. The fourth-order valence-electron chi connectivity index (χ4n) is 3.08. The second kappa shape index (κ2) is 6.95. The summed E-state index contributed by atoms with van der Waals surface area (Å²) in [6.45, 7) is 1.31. The third-order valence-electron chi connectivity index (χ3n) is 4.59. The van der Waals surface area contributed by atoms with Crippen molar-refractivity contribution in [3.05, 3.63) is 42.2 Å². The normalized spacial score (nSPS) is 15.2. The fraction of sp³-hybridized carbons (Fsp3) is 0.353. The van der Waals surface area contributed by atoms with Gasteiger partial charge in [0, 0.05) is 24.8 Å². The van der Waals surface area contributed by atoms with Crippen LogP contribution in [0.4, 0.5) is 0 Å². The maximum Gasteiger partial charge on any atom is 0.271 e. The number of piperidine rings is 1. The Hall–Kier alpha value is -3.23. The van der Waals surface area contributed by atoms with Crippen molar-refractivity contribution in [3.63, 3.8) is 0 Å². The van der Waals surface area contributed by atoms with Gasteiger partial charge in [0.15, 0.2) is 0 Å². The predicted octanol–water partition coefficient (Wildman–Crippen LogP) is 1.55. The Morgan fingerprint density at radius 2 is 1.96 bits per heavy atom. The van der Waals surface area contributed by atoms with Crippen LogP contribution in [0.15, 0.2) is 36.5 Å². The van der Waals surface area contributed by atoms with Crippen LogP contribution in [0.2, 0.25) is 0 Å². The summed E-state index contributed by atoms with van der Waals surface area (Å²) in [5, 5.41) is 19.4. The van der Waals surface area contributed by atoms with Gasteiger partial charge in [-0.1, -0.05) is 0 Å². The molecule has 1 fully saturated rings. The number of carbonyl (C=O) groups is 1. The highest BCUT2D eigenvalue weighted by Gasteiger charge is 2.26. The molecule has 0 unspecified atom stereocenters. The van der Waals surface area contributed by atoms with E-state index < -0.39 is 0 Å². The van der Waals surface area contributed by atoms with Gasteiger partial charge < -0.3 is 9.64 Å². The Morgan fingerprint density at radius 1 is 1.19 bits per heavy atom. The van der Waals surface area contributed by atoms with Crippen molar-refractivity contribution < 1.29 is 9.53 Å². The van der Waals surface area contributed by atoms with E-state index in [1.54, 1.807) is 24.2 Å². The Morgan fingerprint density at radius 3 is 2.62 bits per heavy atom. The van der Waals surface area contributed by atoms with Crippen LogP contribution in [0.25, 0.3) is 11.4 Å². The molecular formula is C17H19N7O2. The van der Waals surface area contributed by atoms with Crippen LogP contribution in [0.1, 0.15) is 29.4 Å². The lowest BCUT2D eigenvalue weighted by Crippen LogP contribution is -2.39. The number of tetrazole rings is 1. The number of nitrogens with zero attached hydrogens (tertiary/aromatic N) is 6. The average molecular weight is 353 g/mol. The van der Waals surface area contributed by atoms with Crippen molar-refractivity contribution in [2.75, 3.05) is 20.2 Å². The maximum absolute atomic E-state index is 12.3. The van der Waals surface area contributed by atoms with E-state index in [-0.39, 0.29) is 11.9 Å². The number of aromatic amines is 1. The van der Waals surface area contributed by atoms with Gasteiger partial charge in [-0.25, -0.2) is 0 Å². The molecule has 2 aromatic heterocycles. The number of benzene rings is 1. The smallest absolute Gasteiger partial charge is 0.271 e. The molecule has 1 N–H and O–H groups in total. The third-order valence-corrected chi connectivity index (χ3v) is 4.59. The molecule has 0 atom stereocenters. The molecule has 0 bridgehead atoms. The van der Waals surface area contributed by atoms with Crippen LogP contribution in [-0.2, 0) is 0 Å². The minimum atomic E-state index is -0.0218. The van der Waals surface area contributed by atoms with Crippen LogP contribution >= 0.6 is 0 Å². The summed E-state index contributed by atoms with van der Waals surface area (Å²) >= 11 is 0. The van der Waals surface area contributed by atoms with E-state index in [9.17, 15) is 4.79 Å². The van der Waals surface area contributed by atoms with E-state index in [1.165, 1.54) is 0 Å². The van der Waals surface area contributed by atoms with E-state index in [1.807, 2.05) is 29.2 Å². The minimum Gasteiger partial charge on any atom is -0.497 e. The zero-order chi connectivity index (χ0) is 17.9. The number of H-pyrrole nitrogens is 1. The predicted molar refractivity (Wildman–Crippen MR) is 92.6 cm³/mol. The Labute approximate surface area is 150 Å². The van der Waals surface area contributed by atoms with Crippen molar-refractivity contribution in [1.82, 2.24) is 35.3 Å². The number of hydrogen-bond donors (Lipinski definition) is 1. The van der Waals surface area contributed by atoms with Gasteiger partial charge in [-0.2, -0.15) is 9.90 Å². The highest BCUT2D eigenvalue weighted by atomic mass is 16.5. The summed E-state index contributed by atoms with van der Waals surface area (Å²) in [6.07, 6.45) is 3.16. The molecule has 3 heterocycles. The van der Waals surface area contributed by atoms with Crippen LogP contribution in [0, 0.1) is 0 Å². The number of rotatable bonds is 4. The van der Waals surface area contributed by atoms with E-state index in [2.05, 4.69) is 25.6 Å². The first kappa shape index (κ1) is 16.2. The van der Waals surface area contributed by atoms with Gasteiger partial charge in [-0.05, 0) is 48.4 Å². The van der Waals surface area contributed by atoms with Crippen molar-refractivity contribution in [1.29, 1.82) is 0 Å². The molecule has 1 aliphatic rings. The van der Waals surface area contributed by atoms with E-state index in [0.717, 1.165) is 24.2 Å². The van der Waals surface area contributed by atoms with Crippen LogP contribution in [-0.4, -0.2) is 61.4 Å². The molecular weight excluding hydrogens is 334 g/mol. The van der Waals surface area contributed by atoms with Gasteiger partial charge in [0.2, 0.25) is 5.82 Å². The fourth-order valence-corrected chi connectivity index (χ4v) is 3.08. The summed E-state index contributed by atoms with van der Waals surface area (Å²) < 4.78 is 5.16. The molecule has 9 heteroatoms. The molecule has 26 heavy (non-hydrogen) atoms. The lowest BCUT2D eigenvalue weighted by Gasteiger charge is -2.30. The monoisotopic (exact) mass is 353 g/mol. The van der Waals surface area contributed by atoms with Crippen molar-refractivity contribution in [2.45, 2.75) is 18.9 Å². The standard InChI is InChI=1S/C17H19N7O2/c1-26-14-4-2-12(3-5-14)16-20-22-24(21-16)13-7-10-23(11-8-13)17(25)15-6-9-18-19-15/h2-6,9,13H,7-8,10-11H2,1H3,(H,18,19). The van der Waals surface area contributed by atoms with Crippen molar-refractivity contribution >= 4 is 5.91 Å². The highest BCUT2D eigenvalue weighted by Crippen LogP contribution is 2.24. The molecule has 0 aliphatic carbocycles. The first-order valence-electron chi connectivity index (χ1n) is 8.47. The van der Waals surface area contributed by atoms with E-state index in [0.29, 0.717) is 24.6 Å². The van der Waals surface area contributed by atoms with Crippen LogP contribution < -0.4 is 4.74 Å². The average Bonchev–Trinajstić information content (AvgIpc) is 3.40. The lowest BCUT2D eigenvalue weighted by molar-refractivity contribution is 0.0677. The number of ether oxygens (including phenoxy) is 1. The number of nitrogens with one attached hydrogen (secondary N) is 1. The molecule has 9 nitrogen and oxygen atoms in total. The molecule has 1 saturated heterocycles. The molecule has 134 valence electrons. The Balaban J connectivity index is 1.40. The van der Waals surface area contributed by atoms with Crippen molar-refractivity contribution in [2.24, 2.45) is 0 Å². The molecule has 1 aliphatic heterocycles. The van der Waals surface area contributed by atoms with Gasteiger partial charge in [-0.3, -0.25) is 9.89 Å². The number of hydrogen-bond acceptors (Lipinski definition) is 6. The van der Waals surface area contributed by atoms with E-state index >= 15 is 0 Å². The van der Waals surface area contributed by atoms with Crippen LogP contribution in [0.5, 0.6) is 5.75 Å². The lowest BCUT2D eigenvalue weighted by atomic mass is 10.1. The van der Waals surface area contributed by atoms with Gasteiger partial charge in [0.25, 0.3) is 5.91 Å². The molecule has 1 amide bonds. The quantitative estimate of drug-likeness (QED) is 0.763. The topological polar surface area (TPSA) is 102 Å². The molecule has 3 aromatic rings. The SMILES string of the molecule is COc1ccc(-c2nnn(C3CCN(C(=O)c4ccn[nH]4)CC3)n2)cc1. The molecule has 0 saturated carbocycles. The van der Waals surface area contributed by atoms with E-state index in [4.69, 9.17) is 4.74 Å². The second-order valence-electron chi connectivity index (χ2n) is 6.16. The number of likely N-dealkylation sites (tertiary alicyclic amines) is 1. The van der Waals surface area contributed by atoms with Crippen LogP contribution in [0.3, 0.4) is 0 Å². The summed E-state index contributed by atoms with van der Waals surface area (Å²) in [5.41, 5.74) is 1.41. The number of methoxy groups -OCH3 is 1. The maximum atomic E-state index is 12.3. The zero-order valence-electron chi connectivity index (χ0n) is 14.4. The summed E-state index contributed by atoms with van der Waals surface area (Å²) in [6, 6.07) is 9.39. The van der Waals surface area contributed by atoms with Gasteiger partial charge >= 0.3 is 0 Å². The molecule has 4 rings (SSSR count). The first-order chi connectivity index (χ1) is 12.7. The highest BCUT2D eigenvalue weighted by molar-refractivity contribution is 5.92. The Kier molecular flexibility index (Phi) is 4.34. The van der Waals surface area contributed by atoms with Gasteiger partial charge in [0.1, 0.15) is 11.4 Å². The third kappa shape index (κ3) is 3.15. The summed E-state index contributed by atoms with van der Waals surface area (Å²) in [4.78, 5) is 15.8. The summed E-state index contributed by atoms with van der Waals surface area (Å²) in [5.74, 6) is 1.35. The molecule has 1 aromatic carbocycles. The van der Waals surface area contributed by atoms with Gasteiger partial charge in [0.05, 0.1) is 13.2 Å². The zero-order valence-corrected chi connectivity index (χ0v) is 14.4. The summed E-state index contributed by atoms with van der Waals surface area (Å²) in [7, 11) is 1.63. The molecule has 0 radical (unpaired) electrons. The largest absolute Gasteiger partial charge is 0.497 e. The number of aromatic nitrogens is 6. The second-order valence-corrected chi connectivity index (χ2v) is 6.16.